The maximum atomic E-state index is 13.9. The van der Waals surface area contributed by atoms with Gasteiger partial charge in [0.2, 0.25) is 5.91 Å². The van der Waals surface area contributed by atoms with Crippen molar-refractivity contribution in [2.24, 2.45) is 5.92 Å². The van der Waals surface area contributed by atoms with Gasteiger partial charge >= 0.3 is 0 Å². The van der Waals surface area contributed by atoms with Crippen molar-refractivity contribution < 1.29 is 19.1 Å². The van der Waals surface area contributed by atoms with Gasteiger partial charge in [0, 0.05) is 53.2 Å². The molecule has 0 spiro atoms. The first-order chi connectivity index (χ1) is 20.2. The Morgan fingerprint density at radius 3 is 2.36 bits per heavy atom. The molecule has 8 heteroatoms. The number of H-pyrrole nitrogens is 1. The number of fused-ring (bicyclic) bond motifs is 3. The fraction of sp³-hybridized carbons (Fsp3) is 0.412. The Kier molecular flexibility index (Phi) is 8.85. The van der Waals surface area contributed by atoms with Crippen LogP contribution < -0.4 is 15.4 Å². The molecule has 0 aliphatic carbocycles. The minimum atomic E-state index is -0.163. The van der Waals surface area contributed by atoms with Gasteiger partial charge in [-0.15, -0.1) is 0 Å². The standard InChI is InChI=1S/C34H42N4O4/c1-20(2)38(21(3)4)22(5)35-34(40)30-18-25(24-8-7-9-27(16-24)41-6)17-29-28-11-10-26(19-31(28)37-32(29)30)36-33(39)23-12-14-42-15-13-23/h7-11,16-23,37H,12-15H2,1-6H3,(H,35,40)(H,36,39). The highest BCUT2D eigenvalue weighted by atomic mass is 16.5. The van der Waals surface area contributed by atoms with Crippen LogP contribution in [0.2, 0.25) is 0 Å². The lowest BCUT2D eigenvalue weighted by molar-refractivity contribution is -0.122. The van der Waals surface area contributed by atoms with Gasteiger partial charge in [0.25, 0.3) is 5.91 Å². The summed E-state index contributed by atoms with van der Waals surface area (Å²) in [5.41, 5.74) is 4.78. The van der Waals surface area contributed by atoms with Gasteiger partial charge in [0.05, 0.1) is 24.4 Å². The second kappa shape index (κ2) is 12.5. The molecule has 3 aromatic carbocycles. The summed E-state index contributed by atoms with van der Waals surface area (Å²) < 4.78 is 10.9. The van der Waals surface area contributed by atoms with Gasteiger partial charge in [-0.25, -0.2) is 0 Å². The molecule has 2 amide bonds. The molecular formula is C34H42N4O4. The first-order valence-electron chi connectivity index (χ1n) is 14.9. The third-order valence-corrected chi connectivity index (χ3v) is 8.19. The lowest BCUT2D eigenvalue weighted by atomic mass is 9.98. The number of hydrogen-bond acceptors (Lipinski definition) is 5. The quantitative estimate of drug-likeness (QED) is 0.198. The number of carbonyl (C=O) groups excluding carboxylic acids is 2. The number of aromatic nitrogens is 1. The Hall–Kier alpha value is -3.88. The number of hydrogen-bond donors (Lipinski definition) is 3. The molecule has 0 radical (unpaired) electrons. The maximum Gasteiger partial charge on any atom is 0.254 e. The van der Waals surface area contributed by atoms with Gasteiger partial charge in [-0.1, -0.05) is 18.2 Å². The second-order valence-electron chi connectivity index (χ2n) is 11.7. The lowest BCUT2D eigenvalue weighted by Crippen LogP contribution is -2.52. The van der Waals surface area contributed by atoms with Crippen LogP contribution in [0.15, 0.2) is 54.6 Å². The summed E-state index contributed by atoms with van der Waals surface area (Å²) in [6, 6.07) is 18.3. The monoisotopic (exact) mass is 570 g/mol. The van der Waals surface area contributed by atoms with Crippen molar-refractivity contribution in [3.8, 4) is 16.9 Å². The average molecular weight is 571 g/mol. The van der Waals surface area contributed by atoms with Crippen molar-refractivity contribution in [1.82, 2.24) is 15.2 Å². The summed E-state index contributed by atoms with van der Waals surface area (Å²) in [4.78, 5) is 32.6. The Labute approximate surface area is 247 Å². The van der Waals surface area contributed by atoms with E-state index in [0.29, 0.717) is 18.8 Å². The van der Waals surface area contributed by atoms with E-state index in [2.05, 4.69) is 54.3 Å². The van der Waals surface area contributed by atoms with Gasteiger partial charge in [0.1, 0.15) is 5.75 Å². The molecule has 1 aliphatic rings. The molecule has 5 rings (SSSR count). The van der Waals surface area contributed by atoms with Crippen LogP contribution >= 0.6 is 0 Å². The fourth-order valence-electron chi connectivity index (χ4n) is 6.27. The Morgan fingerprint density at radius 1 is 0.929 bits per heavy atom. The van der Waals surface area contributed by atoms with E-state index in [9.17, 15) is 9.59 Å². The summed E-state index contributed by atoms with van der Waals surface area (Å²) in [5.74, 6) is 0.572. The minimum absolute atomic E-state index is 0.0167. The van der Waals surface area contributed by atoms with Crippen LogP contribution in [0.5, 0.6) is 5.75 Å². The number of ether oxygens (including phenoxy) is 2. The molecule has 222 valence electrons. The molecule has 1 aliphatic heterocycles. The molecule has 8 nitrogen and oxygen atoms in total. The summed E-state index contributed by atoms with van der Waals surface area (Å²) in [6.45, 7) is 11.8. The number of aromatic amines is 1. The maximum absolute atomic E-state index is 13.9. The van der Waals surface area contributed by atoms with E-state index in [0.717, 1.165) is 57.2 Å². The second-order valence-corrected chi connectivity index (χ2v) is 11.7. The molecule has 42 heavy (non-hydrogen) atoms. The van der Waals surface area contributed by atoms with Gasteiger partial charge < -0.3 is 25.1 Å². The van der Waals surface area contributed by atoms with Crippen molar-refractivity contribution in [2.45, 2.75) is 65.7 Å². The predicted octanol–water partition coefficient (Wildman–Crippen LogP) is 6.56. The van der Waals surface area contributed by atoms with Crippen LogP contribution in [0.4, 0.5) is 5.69 Å². The highest BCUT2D eigenvalue weighted by Gasteiger charge is 2.25. The number of amides is 2. The molecule has 1 saturated heterocycles. The summed E-state index contributed by atoms with van der Waals surface area (Å²) >= 11 is 0. The van der Waals surface area contributed by atoms with Crippen LogP contribution in [0.1, 0.15) is 57.8 Å². The topological polar surface area (TPSA) is 95.7 Å². The summed E-state index contributed by atoms with van der Waals surface area (Å²) in [6.07, 6.45) is 1.30. The van der Waals surface area contributed by atoms with E-state index in [1.807, 2.05) is 55.5 Å². The van der Waals surface area contributed by atoms with Crippen LogP contribution in [-0.2, 0) is 9.53 Å². The van der Waals surface area contributed by atoms with Crippen molar-refractivity contribution in [2.75, 3.05) is 25.6 Å². The molecule has 0 saturated carbocycles. The third-order valence-electron chi connectivity index (χ3n) is 8.19. The van der Waals surface area contributed by atoms with Gasteiger partial charge in [-0.2, -0.15) is 0 Å². The smallest absolute Gasteiger partial charge is 0.254 e. The van der Waals surface area contributed by atoms with Gasteiger partial charge in [-0.3, -0.25) is 14.5 Å². The Bertz CT molecular complexity index is 1580. The van der Waals surface area contributed by atoms with Crippen molar-refractivity contribution >= 4 is 39.3 Å². The van der Waals surface area contributed by atoms with E-state index in [1.54, 1.807) is 7.11 Å². The first-order valence-corrected chi connectivity index (χ1v) is 14.9. The molecule has 2 heterocycles. The van der Waals surface area contributed by atoms with Crippen LogP contribution in [-0.4, -0.2) is 60.3 Å². The van der Waals surface area contributed by atoms with E-state index < -0.39 is 0 Å². The van der Waals surface area contributed by atoms with Crippen LogP contribution in [0.3, 0.4) is 0 Å². The lowest BCUT2D eigenvalue weighted by Gasteiger charge is -2.36. The number of methoxy groups -OCH3 is 1. The number of carbonyl (C=O) groups is 2. The molecule has 1 fully saturated rings. The average Bonchev–Trinajstić information content (AvgIpc) is 3.34. The van der Waals surface area contributed by atoms with E-state index >= 15 is 0 Å². The zero-order valence-electron chi connectivity index (χ0n) is 25.4. The molecule has 1 atom stereocenters. The highest BCUT2D eigenvalue weighted by Crippen LogP contribution is 2.35. The molecule has 1 aromatic heterocycles. The van der Waals surface area contributed by atoms with Crippen LogP contribution in [0.25, 0.3) is 32.9 Å². The van der Waals surface area contributed by atoms with E-state index in [4.69, 9.17) is 9.47 Å². The normalized spacial score (nSPS) is 15.1. The van der Waals surface area contributed by atoms with Crippen LogP contribution in [0, 0.1) is 5.92 Å². The first kappa shape index (κ1) is 29.6. The third kappa shape index (κ3) is 6.15. The number of benzene rings is 3. The number of rotatable bonds is 9. The van der Waals surface area contributed by atoms with Gasteiger partial charge in [-0.05, 0) is 95.0 Å². The largest absolute Gasteiger partial charge is 0.497 e. The Morgan fingerprint density at radius 2 is 1.67 bits per heavy atom. The molecule has 0 bridgehead atoms. The zero-order valence-corrected chi connectivity index (χ0v) is 25.4. The molecule has 3 N–H and O–H groups in total. The van der Waals surface area contributed by atoms with Crippen molar-refractivity contribution in [1.29, 1.82) is 0 Å². The molecular weight excluding hydrogens is 528 g/mol. The zero-order chi connectivity index (χ0) is 30.0. The number of nitrogens with zero attached hydrogens (tertiary/aromatic N) is 1. The fourth-order valence-corrected chi connectivity index (χ4v) is 6.27. The van der Waals surface area contributed by atoms with Crippen molar-refractivity contribution in [3.63, 3.8) is 0 Å². The molecule has 1 unspecified atom stereocenters. The summed E-state index contributed by atoms with van der Waals surface area (Å²) in [7, 11) is 1.65. The highest BCUT2D eigenvalue weighted by molar-refractivity contribution is 6.17. The van der Waals surface area contributed by atoms with E-state index in [-0.39, 0.29) is 36.0 Å². The SMILES string of the molecule is COc1cccc(-c2cc(C(=O)NC(C)N(C(C)C)C(C)C)c3[nH]c4cc(NC(=O)C5CCOCC5)ccc4c3c2)c1. The Balaban J connectivity index is 1.57. The number of nitrogens with one attached hydrogen (secondary N) is 3. The number of anilines is 1. The minimum Gasteiger partial charge on any atom is -0.497 e. The summed E-state index contributed by atoms with van der Waals surface area (Å²) in [5, 5.41) is 8.25. The van der Waals surface area contributed by atoms with Crippen molar-refractivity contribution in [3.05, 3.63) is 60.2 Å². The van der Waals surface area contributed by atoms with Gasteiger partial charge in [0.15, 0.2) is 0 Å². The predicted molar refractivity (Wildman–Crippen MR) is 169 cm³/mol. The molecule has 4 aromatic rings. The van der Waals surface area contributed by atoms with E-state index in [1.165, 1.54) is 0 Å².